The quantitative estimate of drug-likeness (QED) is 0.838. The number of likely N-dealkylation sites (N-methyl/N-ethyl adjacent to an activating group) is 1. The van der Waals surface area contributed by atoms with Gasteiger partial charge in [-0.2, -0.15) is 13.2 Å². The van der Waals surface area contributed by atoms with Gasteiger partial charge in [-0.1, -0.05) is 12.1 Å². The van der Waals surface area contributed by atoms with Crippen LogP contribution in [0.15, 0.2) is 24.3 Å². The summed E-state index contributed by atoms with van der Waals surface area (Å²) in [6.07, 6.45) is -10.0. The molecule has 1 rings (SSSR count). The van der Waals surface area contributed by atoms with Crippen molar-refractivity contribution in [3.63, 3.8) is 0 Å². The Morgan fingerprint density at radius 1 is 1.05 bits per heavy atom. The molecule has 2 nitrogen and oxygen atoms in total. The second-order valence-corrected chi connectivity index (χ2v) is 4.20. The van der Waals surface area contributed by atoms with Gasteiger partial charge in [0.1, 0.15) is 5.75 Å². The van der Waals surface area contributed by atoms with Gasteiger partial charge >= 0.3 is 12.5 Å². The highest BCUT2D eigenvalue weighted by Gasteiger charge is 2.32. The average Bonchev–Trinajstić information content (AvgIpc) is 2.27. The molecule has 1 aromatic rings. The van der Waals surface area contributed by atoms with E-state index in [0.717, 1.165) is 12.1 Å². The Morgan fingerprint density at radius 3 is 2.00 bits per heavy atom. The van der Waals surface area contributed by atoms with E-state index in [9.17, 15) is 26.3 Å². The predicted octanol–water partition coefficient (Wildman–Crippen LogP) is 3.67. The van der Waals surface area contributed by atoms with Crippen molar-refractivity contribution >= 4 is 0 Å². The Kier molecular flexibility index (Phi) is 5.27. The summed E-state index contributed by atoms with van der Waals surface area (Å²) in [4.78, 5) is 0. The first-order chi connectivity index (χ1) is 9.09. The van der Waals surface area contributed by atoms with E-state index < -0.39 is 30.8 Å². The molecular weight excluding hydrogens is 288 g/mol. The Labute approximate surface area is 111 Å². The molecule has 0 aromatic heterocycles. The lowest BCUT2D eigenvalue weighted by atomic mass is 10.0. The van der Waals surface area contributed by atoms with E-state index >= 15 is 0 Å². The summed E-state index contributed by atoms with van der Waals surface area (Å²) in [7, 11) is 1.40. The molecule has 0 heterocycles. The van der Waals surface area contributed by atoms with Crippen LogP contribution in [0.3, 0.4) is 0 Å². The zero-order valence-corrected chi connectivity index (χ0v) is 10.5. The molecule has 8 heteroatoms. The van der Waals surface area contributed by atoms with Crippen molar-refractivity contribution in [1.82, 2.24) is 5.32 Å². The van der Waals surface area contributed by atoms with Gasteiger partial charge < -0.3 is 10.1 Å². The highest BCUT2D eigenvalue weighted by Crippen LogP contribution is 2.25. The monoisotopic (exact) mass is 301 g/mol. The smallest absolute Gasteiger partial charge is 0.406 e. The number of nitrogens with one attached hydrogen (secondary N) is 1. The average molecular weight is 301 g/mol. The van der Waals surface area contributed by atoms with Crippen molar-refractivity contribution in [3.8, 4) is 5.75 Å². The van der Waals surface area contributed by atoms with Crippen molar-refractivity contribution < 1.29 is 31.1 Å². The molecule has 0 aliphatic rings. The maximum absolute atomic E-state index is 12.3. The van der Waals surface area contributed by atoms with E-state index in [0.29, 0.717) is 5.56 Å². The van der Waals surface area contributed by atoms with Crippen molar-refractivity contribution in [2.45, 2.75) is 31.4 Å². The highest BCUT2D eigenvalue weighted by molar-refractivity contribution is 5.28. The minimum absolute atomic E-state index is 0.0578. The first kappa shape index (κ1) is 16.6. The molecule has 0 amide bonds. The maximum atomic E-state index is 12.3. The van der Waals surface area contributed by atoms with Crippen LogP contribution in [-0.4, -0.2) is 25.6 Å². The lowest BCUT2D eigenvalue weighted by molar-refractivity contribution is -0.274. The molecule has 0 saturated carbocycles. The van der Waals surface area contributed by atoms with Crippen LogP contribution in [0.1, 0.15) is 12.0 Å². The number of hydrogen-bond donors (Lipinski definition) is 1. The van der Waals surface area contributed by atoms with Crippen LogP contribution in [-0.2, 0) is 6.42 Å². The van der Waals surface area contributed by atoms with Gasteiger partial charge in [0.2, 0.25) is 0 Å². The summed E-state index contributed by atoms with van der Waals surface area (Å²) in [5, 5.41) is 2.53. The first-order valence-electron chi connectivity index (χ1n) is 5.68. The summed E-state index contributed by atoms with van der Waals surface area (Å²) < 4.78 is 76.3. The second kappa shape index (κ2) is 6.34. The Bertz CT molecular complexity index is 411. The van der Waals surface area contributed by atoms with Gasteiger partial charge in [0.05, 0.1) is 6.42 Å². The minimum atomic E-state index is -4.79. The molecule has 0 aliphatic carbocycles. The molecule has 1 N–H and O–H groups in total. The maximum Gasteiger partial charge on any atom is 0.573 e. The van der Waals surface area contributed by atoms with E-state index in [1.165, 1.54) is 19.2 Å². The highest BCUT2D eigenvalue weighted by atomic mass is 19.4. The molecule has 0 spiro atoms. The fraction of sp³-hybridized carbons (Fsp3) is 0.500. The molecule has 114 valence electrons. The van der Waals surface area contributed by atoms with Crippen LogP contribution >= 0.6 is 0 Å². The van der Waals surface area contributed by atoms with Gasteiger partial charge in [0.15, 0.2) is 0 Å². The van der Waals surface area contributed by atoms with Crippen molar-refractivity contribution in [3.05, 3.63) is 29.8 Å². The topological polar surface area (TPSA) is 21.3 Å². The largest absolute Gasteiger partial charge is 0.573 e. The van der Waals surface area contributed by atoms with Crippen molar-refractivity contribution in [2.24, 2.45) is 0 Å². The SMILES string of the molecule is CNC(Cc1ccc(OC(F)(F)F)cc1)CC(F)(F)F. The zero-order valence-electron chi connectivity index (χ0n) is 10.5. The van der Waals surface area contributed by atoms with Gasteiger partial charge in [-0.05, 0) is 31.2 Å². The molecule has 20 heavy (non-hydrogen) atoms. The molecular formula is C12H13F6NO. The van der Waals surface area contributed by atoms with Crippen LogP contribution in [0.25, 0.3) is 0 Å². The molecule has 0 aliphatic heterocycles. The Balaban J connectivity index is 2.64. The van der Waals surface area contributed by atoms with Crippen molar-refractivity contribution in [1.29, 1.82) is 0 Å². The van der Waals surface area contributed by atoms with Crippen LogP contribution in [0.2, 0.25) is 0 Å². The zero-order chi connectivity index (χ0) is 15.4. The number of ether oxygens (including phenoxy) is 1. The number of hydrogen-bond acceptors (Lipinski definition) is 2. The van der Waals surface area contributed by atoms with Crippen LogP contribution in [0, 0.1) is 0 Å². The lowest BCUT2D eigenvalue weighted by Crippen LogP contribution is -2.32. The third kappa shape index (κ3) is 6.65. The van der Waals surface area contributed by atoms with E-state index in [4.69, 9.17) is 0 Å². The van der Waals surface area contributed by atoms with Crippen LogP contribution in [0.5, 0.6) is 5.75 Å². The number of halogens is 6. The van der Waals surface area contributed by atoms with E-state index in [-0.39, 0.29) is 6.42 Å². The third-order valence-corrected chi connectivity index (χ3v) is 2.53. The molecule has 1 unspecified atom stereocenters. The molecule has 0 fully saturated rings. The number of benzene rings is 1. The molecule has 0 bridgehead atoms. The predicted molar refractivity (Wildman–Crippen MR) is 60.3 cm³/mol. The van der Waals surface area contributed by atoms with Crippen molar-refractivity contribution in [2.75, 3.05) is 7.05 Å². The molecule has 1 aromatic carbocycles. The van der Waals surface area contributed by atoms with E-state index in [1.807, 2.05) is 0 Å². The molecule has 0 saturated heterocycles. The van der Waals surface area contributed by atoms with Crippen LogP contribution in [0.4, 0.5) is 26.3 Å². The normalized spacial score (nSPS) is 14.2. The lowest BCUT2D eigenvalue weighted by Gasteiger charge is -2.18. The fourth-order valence-electron chi connectivity index (χ4n) is 1.67. The molecule has 0 radical (unpaired) electrons. The van der Waals surface area contributed by atoms with Gasteiger partial charge in [0, 0.05) is 6.04 Å². The summed E-state index contributed by atoms with van der Waals surface area (Å²) >= 11 is 0. The molecule has 1 atom stereocenters. The summed E-state index contributed by atoms with van der Waals surface area (Å²) in [5.41, 5.74) is 0.489. The minimum Gasteiger partial charge on any atom is -0.406 e. The van der Waals surface area contributed by atoms with Gasteiger partial charge in [-0.25, -0.2) is 0 Å². The van der Waals surface area contributed by atoms with Crippen LogP contribution < -0.4 is 10.1 Å². The number of rotatable bonds is 5. The first-order valence-corrected chi connectivity index (χ1v) is 5.68. The van der Waals surface area contributed by atoms with E-state index in [1.54, 1.807) is 0 Å². The van der Waals surface area contributed by atoms with Gasteiger partial charge in [-0.3, -0.25) is 0 Å². The number of alkyl halides is 6. The Morgan fingerprint density at radius 2 is 1.60 bits per heavy atom. The second-order valence-electron chi connectivity index (χ2n) is 4.20. The summed E-state index contributed by atoms with van der Waals surface area (Å²) in [6.45, 7) is 0. The summed E-state index contributed by atoms with van der Waals surface area (Å²) in [5.74, 6) is -0.405. The third-order valence-electron chi connectivity index (χ3n) is 2.53. The van der Waals surface area contributed by atoms with Gasteiger partial charge in [-0.15, -0.1) is 13.2 Å². The van der Waals surface area contributed by atoms with E-state index in [2.05, 4.69) is 10.1 Å². The standard InChI is InChI=1S/C12H13F6NO/c1-19-9(7-11(13,14)15)6-8-2-4-10(5-3-8)20-12(16,17)18/h2-5,9,19H,6-7H2,1H3. The fourth-order valence-corrected chi connectivity index (χ4v) is 1.67. The van der Waals surface area contributed by atoms with Gasteiger partial charge in [0.25, 0.3) is 0 Å². The Hall–Kier alpha value is -1.44. The summed E-state index contributed by atoms with van der Waals surface area (Å²) in [6, 6.07) is 3.93.